The average Bonchev–Trinajstić information content (AvgIpc) is 3.46. The molecule has 4 rings (SSSR count). The van der Waals surface area contributed by atoms with Crippen molar-refractivity contribution in [2.75, 3.05) is 31.3 Å². The molecule has 1 fully saturated rings. The van der Waals surface area contributed by atoms with E-state index in [1.807, 2.05) is 0 Å². The largest absolute Gasteiger partial charge is 0.465 e. The number of fused-ring (bicyclic) bond motifs is 1. The highest BCUT2D eigenvalue weighted by atomic mass is 35.5. The highest BCUT2D eigenvalue weighted by Gasteiger charge is 2.56. The molecule has 0 radical (unpaired) electrons. The number of hydrogen-bond acceptors (Lipinski definition) is 12. The Balaban J connectivity index is 1.60. The summed E-state index contributed by atoms with van der Waals surface area (Å²) >= 11 is 6.73. The molecule has 0 saturated carbocycles. The highest BCUT2D eigenvalue weighted by Crippen LogP contribution is 2.48. The summed E-state index contributed by atoms with van der Waals surface area (Å²) in [6.07, 6.45) is 3.25. The zero-order chi connectivity index (χ0) is 29.1. The third-order valence-electron chi connectivity index (χ3n) is 5.96. The number of nitrogens with two attached hydrogens (primary N) is 1. The first-order valence-electron chi connectivity index (χ1n) is 12.2. The molecule has 0 unspecified atom stereocenters. The van der Waals surface area contributed by atoms with Gasteiger partial charge in [0.05, 0.1) is 19.5 Å². The first kappa shape index (κ1) is 29.5. The number of benzene rings is 1. The summed E-state index contributed by atoms with van der Waals surface area (Å²) < 4.78 is 37.5. The predicted octanol–water partition coefficient (Wildman–Crippen LogP) is 2.06. The van der Waals surface area contributed by atoms with Crippen LogP contribution in [0.3, 0.4) is 0 Å². The second kappa shape index (κ2) is 12.0. The quantitative estimate of drug-likeness (QED) is 0.110. The predicted molar refractivity (Wildman–Crippen MR) is 146 cm³/mol. The van der Waals surface area contributed by atoms with E-state index in [0.29, 0.717) is 11.3 Å². The first-order valence-corrected chi connectivity index (χ1v) is 14.1. The van der Waals surface area contributed by atoms with Gasteiger partial charge in [0.25, 0.3) is 0 Å². The molecule has 3 heterocycles. The Kier molecular flexibility index (Phi) is 8.84. The van der Waals surface area contributed by atoms with E-state index in [0.717, 1.165) is 0 Å². The maximum absolute atomic E-state index is 13.8. The summed E-state index contributed by atoms with van der Waals surface area (Å²) in [5.74, 6) is 2.24. The lowest BCUT2D eigenvalue weighted by atomic mass is 9.99. The normalized spacial score (nSPS) is 24.6. The lowest BCUT2D eigenvalue weighted by Gasteiger charge is -2.25. The number of ether oxygens (including phenoxy) is 2. The number of aromatic nitrogens is 4. The van der Waals surface area contributed by atoms with Gasteiger partial charge in [-0.3, -0.25) is 13.9 Å². The lowest BCUT2D eigenvalue weighted by molar-refractivity contribution is -0.144. The molecule has 6 atom stereocenters. The molecule has 5 N–H and O–H groups in total. The summed E-state index contributed by atoms with van der Waals surface area (Å²) in [5.41, 5.74) is 6.46. The molecule has 0 spiro atoms. The second-order valence-electron chi connectivity index (χ2n) is 8.69. The van der Waals surface area contributed by atoms with E-state index in [9.17, 15) is 14.5 Å². The molecule has 0 amide bonds. The maximum Gasteiger partial charge on any atom is 0.459 e. The van der Waals surface area contributed by atoms with E-state index in [2.05, 4.69) is 31.3 Å². The van der Waals surface area contributed by atoms with Crippen LogP contribution in [0.2, 0.25) is 0 Å². The van der Waals surface area contributed by atoms with Crippen molar-refractivity contribution in [1.82, 2.24) is 24.6 Å². The second-order valence-corrected chi connectivity index (χ2v) is 11.0. The molecule has 0 bridgehead atoms. The number of aliphatic hydroxyl groups excluding tert-OH is 1. The van der Waals surface area contributed by atoms with E-state index in [1.54, 1.807) is 44.3 Å². The standard InChI is InChI=1S/C24H29ClN7O7P/c1-5-24(25)18(33)16(38-22(24)32-13-28-17-19(27-4)29-23(26)30-20(17)32)12-37-40(35,31-14(3)21(34)36-6-2)39-15-10-8-7-9-11-15/h1,7-11,13-14,16,18,22,33H,6,12H2,2-4H3,(H,31,35)(H3,26,27,29,30)/t14-,16+,18+,22+,24+,40+/m0/s1. The van der Waals surface area contributed by atoms with Gasteiger partial charge in [-0.1, -0.05) is 35.7 Å². The van der Waals surface area contributed by atoms with E-state index in [4.69, 9.17) is 42.3 Å². The minimum Gasteiger partial charge on any atom is -0.465 e. The van der Waals surface area contributed by atoms with Crippen LogP contribution in [0.25, 0.3) is 11.2 Å². The van der Waals surface area contributed by atoms with Crippen LogP contribution >= 0.6 is 19.3 Å². The van der Waals surface area contributed by atoms with Gasteiger partial charge in [-0.2, -0.15) is 15.1 Å². The van der Waals surface area contributed by atoms with Gasteiger partial charge in [-0.25, -0.2) is 9.55 Å². The Morgan fingerprint density at radius 3 is 2.77 bits per heavy atom. The van der Waals surface area contributed by atoms with Crippen molar-refractivity contribution in [3.8, 4) is 18.1 Å². The van der Waals surface area contributed by atoms with Crippen LogP contribution in [-0.2, 0) is 23.4 Å². The zero-order valence-electron chi connectivity index (χ0n) is 21.9. The summed E-state index contributed by atoms with van der Waals surface area (Å²) in [6, 6.07) is 7.14. The molecule has 16 heteroatoms. The highest BCUT2D eigenvalue weighted by molar-refractivity contribution is 7.52. The Morgan fingerprint density at radius 1 is 1.40 bits per heavy atom. The van der Waals surface area contributed by atoms with Crippen molar-refractivity contribution < 1.29 is 33.0 Å². The first-order chi connectivity index (χ1) is 19.0. The molecular formula is C24H29ClN7O7P. The minimum atomic E-state index is -4.24. The Labute approximate surface area is 235 Å². The number of alkyl halides is 1. The van der Waals surface area contributed by atoms with Crippen molar-refractivity contribution in [2.24, 2.45) is 0 Å². The van der Waals surface area contributed by atoms with Crippen LogP contribution in [0.15, 0.2) is 36.7 Å². The van der Waals surface area contributed by atoms with Gasteiger partial charge < -0.3 is 30.2 Å². The van der Waals surface area contributed by atoms with Crippen LogP contribution in [0.5, 0.6) is 5.75 Å². The number of esters is 1. The van der Waals surface area contributed by atoms with Crippen molar-refractivity contribution in [3.05, 3.63) is 36.7 Å². The van der Waals surface area contributed by atoms with Crippen LogP contribution < -0.4 is 20.7 Å². The molecule has 2 aromatic heterocycles. The van der Waals surface area contributed by atoms with E-state index < -0.39 is 49.7 Å². The molecule has 40 heavy (non-hydrogen) atoms. The van der Waals surface area contributed by atoms with Crippen LogP contribution in [0.1, 0.15) is 20.1 Å². The molecule has 1 aliphatic heterocycles. The smallest absolute Gasteiger partial charge is 0.459 e. The number of imidazole rings is 1. The van der Waals surface area contributed by atoms with Crippen molar-refractivity contribution >= 4 is 48.2 Å². The van der Waals surface area contributed by atoms with Crippen molar-refractivity contribution in [3.63, 3.8) is 0 Å². The zero-order valence-corrected chi connectivity index (χ0v) is 23.5. The van der Waals surface area contributed by atoms with Crippen LogP contribution in [0, 0.1) is 12.3 Å². The molecule has 1 aliphatic rings. The average molecular weight is 594 g/mol. The monoisotopic (exact) mass is 593 g/mol. The Morgan fingerprint density at radius 2 is 2.12 bits per heavy atom. The van der Waals surface area contributed by atoms with Gasteiger partial charge in [0.15, 0.2) is 28.1 Å². The number of rotatable bonds is 11. The molecule has 1 saturated heterocycles. The fourth-order valence-corrected chi connectivity index (χ4v) is 5.83. The number of nitrogens with one attached hydrogen (secondary N) is 2. The number of halogens is 1. The number of para-hydroxylation sites is 1. The van der Waals surface area contributed by atoms with E-state index >= 15 is 0 Å². The number of anilines is 2. The fourth-order valence-electron chi connectivity index (χ4n) is 4.03. The van der Waals surface area contributed by atoms with Crippen LogP contribution in [0.4, 0.5) is 11.8 Å². The number of carbonyl (C=O) groups is 1. The van der Waals surface area contributed by atoms with Gasteiger partial charge in [0, 0.05) is 7.05 Å². The maximum atomic E-state index is 13.8. The number of carbonyl (C=O) groups excluding carboxylic acids is 1. The number of aliphatic hydroxyl groups is 1. The third kappa shape index (κ3) is 5.85. The third-order valence-corrected chi connectivity index (χ3v) is 8.13. The van der Waals surface area contributed by atoms with Gasteiger partial charge in [0.1, 0.15) is 24.0 Å². The molecule has 0 aliphatic carbocycles. The van der Waals surface area contributed by atoms with Crippen molar-refractivity contribution in [1.29, 1.82) is 0 Å². The summed E-state index contributed by atoms with van der Waals surface area (Å²) in [6.45, 7) is 2.71. The van der Waals surface area contributed by atoms with E-state index in [-0.39, 0.29) is 24.0 Å². The van der Waals surface area contributed by atoms with Gasteiger partial charge in [0.2, 0.25) is 5.95 Å². The number of terminal acetylenes is 1. The van der Waals surface area contributed by atoms with Crippen LogP contribution in [-0.4, -0.2) is 74.0 Å². The molecule has 3 aromatic rings. The summed E-state index contributed by atoms with van der Waals surface area (Å²) in [4.78, 5) is 23.0. The SMILES string of the molecule is C#C[C@@]1(Cl)[C@H](O)[C@@H](CO[P@](=O)(N[C@@H](C)C(=O)OCC)Oc2ccccc2)O[C@H]1n1cnc2c(NC)nc(N)nc21. The van der Waals surface area contributed by atoms with E-state index in [1.165, 1.54) is 17.8 Å². The molecule has 14 nitrogen and oxygen atoms in total. The number of nitrogen functional groups attached to an aromatic ring is 1. The summed E-state index contributed by atoms with van der Waals surface area (Å²) in [7, 11) is -2.60. The van der Waals surface area contributed by atoms with Gasteiger partial charge in [-0.05, 0) is 26.0 Å². The molecule has 1 aromatic carbocycles. The Hall–Kier alpha value is -3.44. The Bertz CT molecular complexity index is 1450. The molecular weight excluding hydrogens is 565 g/mol. The van der Waals surface area contributed by atoms with Crippen molar-refractivity contribution in [2.45, 2.75) is 43.2 Å². The lowest BCUT2D eigenvalue weighted by Crippen LogP contribution is -2.41. The summed E-state index contributed by atoms with van der Waals surface area (Å²) in [5, 5.41) is 16.6. The van der Waals surface area contributed by atoms with Gasteiger partial charge >= 0.3 is 13.7 Å². The number of nitrogens with zero attached hydrogens (tertiary/aromatic N) is 4. The number of hydrogen-bond donors (Lipinski definition) is 4. The topological polar surface area (TPSA) is 185 Å². The minimum absolute atomic E-state index is 0.0429. The molecule has 214 valence electrons. The van der Waals surface area contributed by atoms with Gasteiger partial charge in [-0.15, -0.1) is 6.42 Å². The fraction of sp³-hybridized carbons (Fsp3) is 0.417.